The number of carbonyl (C=O) groups is 1. The zero-order valence-corrected chi connectivity index (χ0v) is 13.8. The quantitative estimate of drug-likeness (QED) is 0.826. The number of nitrogens with two attached hydrogens (primary N) is 1. The summed E-state index contributed by atoms with van der Waals surface area (Å²) >= 11 is 3.58. The van der Waals surface area contributed by atoms with Crippen molar-refractivity contribution >= 4 is 27.6 Å². The molecule has 0 bridgehead atoms. The number of hydrogen-bond acceptors (Lipinski definition) is 5. The summed E-state index contributed by atoms with van der Waals surface area (Å²) in [6.45, 7) is 5.31. The fourth-order valence-electron chi connectivity index (χ4n) is 2.09. The highest BCUT2D eigenvalue weighted by Crippen LogP contribution is 2.23. The molecule has 21 heavy (non-hydrogen) atoms. The maximum atomic E-state index is 11.5. The van der Waals surface area contributed by atoms with Gasteiger partial charge in [-0.25, -0.2) is 4.79 Å². The number of esters is 1. The van der Waals surface area contributed by atoms with Gasteiger partial charge in [0.15, 0.2) is 5.69 Å². The van der Waals surface area contributed by atoms with E-state index in [1.165, 1.54) is 7.11 Å². The van der Waals surface area contributed by atoms with Crippen molar-refractivity contribution in [2.45, 2.75) is 33.4 Å². The van der Waals surface area contributed by atoms with E-state index in [1.807, 2.05) is 11.6 Å². The fraction of sp³-hybridized carbons (Fsp3) is 0.462. The largest absolute Gasteiger partial charge is 0.464 e. The minimum absolute atomic E-state index is 0.131. The second-order valence-electron chi connectivity index (χ2n) is 4.50. The number of nitrogen functional groups attached to an aromatic ring is 1. The molecule has 0 aliphatic rings. The first-order chi connectivity index (χ1) is 10.0. The number of halogens is 1. The zero-order valence-electron chi connectivity index (χ0n) is 12.3. The van der Waals surface area contributed by atoms with Crippen molar-refractivity contribution in [1.29, 1.82) is 0 Å². The van der Waals surface area contributed by atoms with Crippen LogP contribution in [0.4, 0.5) is 5.69 Å². The Balaban J connectivity index is 2.34. The van der Waals surface area contributed by atoms with Crippen molar-refractivity contribution in [2.75, 3.05) is 12.8 Å². The Labute approximate surface area is 131 Å². The van der Waals surface area contributed by atoms with E-state index in [4.69, 9.17) is 5.73 Å². The van der Waals surface area contributed by atoms with Crippen molar-refractivity contribution in [3.63, 3.8) is 0 Å². The van der Waals surface area contributed by atoms with Crippen LogP contribution in [-0.4, -0.2) is 32.6 Å². The molecule has 0 spiro atoms. The van der Waals surface area contributed by atoms with E-state index >= 15 is 0 Å². The SMILES string of the molecule is CCc1nn(CC)c(Cn2cc(N)c(C(=O)OC)n2)c1Br. The van der Waals surface area contributed by atoms with E-state index in [-0.39, 0.29) is 5.69 Å². The molecule has 0 atom stereocenters. The molecule has 2 rings (SSSR count). The van der Waals surface area contributed by atoms with Gasteiger partial charge in [-0.2, -0.15) is 10.2 Å². The van der Waals surface area contributed by atoms with E-state index in [1.54, 1.807) is 10.9 Å². The molecule has 114 valence electrons. The summed E-state index contributed by atoms with van der Waals surface area (Å²) in [7, 11) is 1.30. The predicted octanol–water partition coefficient (Wildman–Crippen LogP) is 1.84. The lowest BCUT2D eigenvalue weighted by atomic mass is 10.3. The Kier molecular flexibility index (Phi) is 4.66. The number of nitrogens with zero attached hydrogens (tertiary/aromatic N) is 4. The van der Waals surface area contributed by atoms with Crippen molar-refractivity contribution in [3.8, 4) is 0 Å². The van der Waals surface area contributed by atoms with Crippen LogP contribution in [0.2, 0.25) is 0 Å². The second-order valence-corrected chi connectivity index (χ2v) is 5.29. The lowest BCUT2D eigenvalue weighted by Gasteiger charge is -2.05. The topological polar surface area (TPSA) is 88.0 Å². The molecule has 0 amide bonds. The van der Waals surface area contributed by atoms with E-state index in [0.29, 0.717) is 12.2 Å². The normalized spacial score (nSPS) is 10.9. The third kappa shape index (κ3) is 2.94. The van der Waals surface area contributed by atoms with E-state index < -0.39 is 5.97 Å². The van der Waals surface area contributed by atoms with Crippen LogP contribution < -0.4 is 5.73 Å². The monoisotopic (exact) mass is 355 g/mol. The van der Waals surface area contributed by atoms with Crippen LogP contribution in [-0.2, 0) is 24.2 Å². The Morgan fingerprint density at radius 1 is 1.43 bits per heavy atom. The molecule has 0 radical (unpaired) electrons. The Morgan fingerprint density at radius 3 is 2.71 bits per heavy atom. The summed E-state index contributed by atoms with van der Waals surface area (Å²) in [6, 6.07) is 0. The number of carbonyl (C=O) groups excluding carboxylic acids is 1. The highest BCUT2D eigenvalue weighted by molar-refractivity contribution is 9.10. The second kappa shape index (κ2) is 6.30. The van der Waals surface area contributed by atoms with Gasteiger partial charge in [0.05, 0.1) is 35.2 Å². The van der Waals surface area contributed by atoms with Gasteiger partial charge < -0.3 is 10.5 Å². The molecular weight excluding hydrogens is 338 g/mol. The minimum atomic E-state index is -0.538. The highest BCUT2D eigenvalue weighted by atomic mass is 79.9. The van der Waals surface area contributed by atoms with Crippen molar-refractivity contribution < 1.29 is 9.53 Å². The standard InChI is InChI=1S/C13H18BrN5O2/c1-4-9-11(14)10(19(5-2)16-9)7-18-6-8(15)12(17-18)13(20)21-3/h6H,4-5,7,15H2,1-3H3. The molecule has 2 N–H and O–H groups in total. The third-order valence-electron chi connectivity index (χ3n) is 3.17. The molecule has 0 aliphatic carbocycles. The number of anilines is 1. The molecule has 7 nitrogen and oxygen atoms in total. The maximum Gasteiger partial charge on any atom is 0.360 e. The molecule has 0 aromatic carbocycles. The summed E-state index contributed by atoms with van der Waals surface area (Å²) < 4.78 is 9.16. The number of rotatable bonds is 5. The minimum Gasteiger partial charge on any atom is -0.464 e. The molecule has 0 saturated heterocycles. The lowest BCUT2D eigenvalue weighted by molar-refractivity contribution is 0.0594. The van der Waals surface area contributed by atoms with Crippen molar-refractivity contribution in [3.05, 3.63) is 27.8 Å². The number of aromatic nitrogens is 4. The number of aryl methyl sites for hydroxylation is 2. The molecule has 2 aromatic rings. The molecule has 0 fully saturated rings. The highest BCUT2D eigenvalue weighted by Gasteiger charge is 2.18. The maximum absolute atomic E-state index is 11.5. The molecule has 0 saturated carbocycles. The van der Waals surface area contributed by atoms with Crippen LogP contribution in [0.5, 0.6) is 0 Å². The fourth-order valence-corrected chi connectivity index (χ4v) is 2.78. The smallest absolute Gasteiger partial charge is 0.360 e. The number of methoxy groups -OCH3 is 1. The van der Waals surface area contributed by atoms with E-state index in [9.17, 15) is 4.79 Å². The average molecular weight is 356 g/mol. The average Bonchev–Trinajstić information content (AvgIpc) is 2.99. The third-order valence-corrected chi connectivity index (χ3v) is 4.09. The predicted molar refractivity (Wildman–Crippen MR) is 82.1 cm³/mol. The molecule has 0 aliphatic heterocycles. The van der Waals surface area contributed by atoms with E-state index in [2.05, 4.69) is 37.8 Å². The van der Waals surface area contributed by atoms with Crippen LogP contribution in [0.15, 0.2) is 10.7 Å². The molecule has 2 heterocycles. The first-order valence-electron chi connectivity index (χ1n) is 6.67. The van der Waals surface area contributed by atoms with Gasteiger partial charge in [0.25, 0.3) is 0 Å². The van der Waals surface area contributed by atoms with Crippen LogP contribution in [0.3, 0.4) is 0 Å². The van der Waals surface area contributed by atoms with E-state index in [0.717, 1.165) is 28.8 Å². The molecular formula is C13H18BrN5O2. The van der Waals surface area contributed by atoms with Crippen LogP contribution in [0.25, 0.3) is 0 Å². The summed E-state index contributed by atoms with van der Waals surface area (Å²) in [5, 5.41) is 8.71. The summed E-state index contributed by atoms with van der Waals surface area (Å²) in [6.07, 6.45) is 2.46. The first-order valence-corrected chi connectivity index (χ1v) is 7.46. The summed E-state index contributed by atoms with van der Waals surface area (Å²) in [4.78, 5) is 11.5. The first kappa shape index (κ1) is 15.6. The van der Waals surface area contributed by atoms with Gasteiger partial charge in [0.2, 0.25) is 0 Å². The molecule has 8 heteroatoms. The number of ether oxygens (including phenoxy) is 1. The van der Waals surface area contributed by atoms with Gasteiger partial charge in [0, 0.05) is 12.7 Å². The van der Waals surface area contributed by atoms with Crippen LogP contribution >= 0.6 is 15.9 Å². The van der Waals surface area contributed by atoms with Gasteiger partial charge in [-0.3, -0.25) is 9.36 Å². The summed E-state index contributed by atoms with van der Waals surface area (Å²) in [5.74, 6) is -0.538. The Hall–Kier alpha value is -1.83. The van der Waals surface area contributed by atoms with Gasteiger partial charge in [-0.05, 0) is 29.3 Å². The zero-order chi connectivity index (χ0) is 15.6. The summed E-state index contributed by atoms with van der Waals surface area (Å²) in [5.41, 5.74) is 8.22. The Bertz CT molecular complexity index is 662. The lowest BCUT2D eigenvalue weighted by Crippen LogP contribution is -2.10. The van der Waals surface area contributed by atoms with Crippen LogP contribution in [0, 0.1) is 0 Å². The number of hydrogen-bond donors (Lipinski definition) is 1. The van der Waals surface area contributed by atoms with Crippen molar-refractivity contribution in [2.24, 2.45) is 0 Å². The van der Waals surface area contributed by atoms with Gasteiger partial charge >= 0.3 is 5.97 Å². The van der Waals surface area contributed by atoms with Gasteiger partial charge in [-0.15, -0.1) is 0 Å². The van der Waals surface area contributed by atoms with Crippen molar-refractivity contribution in [1.82, 2.24) is 19.6 Å². The molecule has 0 unspecified atom stereocenters. The van der Waals surface area contributed by atoms with Gasteiger partial charge in [0.1, 0.15) is 0 Å². The molecule has 2 aromatic heterocycles. The Morgan fingerprint density at radius 2 is 2.14 bits per heavy atom. The van der Waals surface area contributed by atoms with Crippen LogP contribution in [0.1, 0.15) is 35.7 Å². The van der Waals surface area contributed by atoms with Gasteiger partial charge in [-0.1, -0.05) is 6.92 Å².